The van der Waals surface area contributed by atoms with Crippen molar-refractivity contribution < 1.29 is 27.1 Å². The fourth-order valence-electron chi connectivity index (χ4n) is 1.98. The second kappa shape index (κ2) is 8.50. The van der Waals surface area contributed by atoms with E-state index < -0.39 is 17.8 Å². The molecule has 1 heterocycles. The smallest absolute Gasteiger partial charge is 0.435 e. The quantitative estimate of drug-likeness (QED) is 0.582. The lowest BCUT2D eigenvalue weighted by molar-refractivity contribution is -0.141. The summed E-state index contributed by atoms with van der Waals surface area (Å²) in [5.41, 5.74) is -1.03. The van der Waals surface area contributed by atoms with Crippen molar-refractivity contribution >= 4 is 5.91 Å². The molecule has 0 fully saturated rings. The highest BCUT2D eigenvalue weighted by molar-refractivity contribution is 5.75. The van der Waals surface area contributed by atoms with E-state index in [1.807, 2.05) is 0 Å². The van der Waals surface area contributed by atoms with Crippen molar-refractivity contribution in [2.24, 2.45) is 0 Å². The Hall–Kier alpha value is -2.58. The number of ether oxygens (including phenoxy) is 1. The number of nitrogens with zero attached hydrogens (tertiary/aromatic N) is 2. The summed E-state index contributed by atoms with van der Waals surface area (Å²) < 4.78 is 56.2. The Bertz CT molecular complexity index is 683. The van der Waals surface area contributed by atoms with Crippen molar-refractivity contribution in [3.05, 3.63) is 48.0 Å². The van der Waals surface area contributed by atoms with Gasteiger partial charge in [0.1, 0.15) is 18.1 Å². The molecule has 1 amide bonds. The van der Waals surface area contributed by atoms with Crippen LogP contribution in [0.5, 0.6) is 5.75 Å². The van der Waals surface area contributed by atoms with Crippen LogP contribution in [0.1, 0.15) is 18.5 Å². The van der Waals surface area contributed by atoms with Crippen molar-refractivity contribution in [1.82, 2.24) is 15.1 Å². The fourth-order valence-corrected chi connectivity index (χ4v) is 1.98. The molecular formula is C16H17F4N3O2. The Morgan fingerprint density at radius 2 is 1.88 bits per heavy atom. The van der Waals surface area contributed by atoms with Gasteiger partial charge in [0.2, 0.25) is 5.91 Å². The molecule has 5 nitrogen and oxygen atoms in total. The monoisotopic (exact) mass is 359 g/mol. The topological polar surface area (TPSA) is 56.2 Å². The molecule has 1 N–H and O–H groups in total. The third-order valence-electron chi connectivity index (χ3n) is 3.21. The Morgan fingerprint density at radius 1 is 1.16 bits per heavy atom. The van der Waals surface area contributed by atoms with E-state index in [-0.39, 0.29) is 12.4 Å². The zero-order valence-electron chi connectivity index (χ0n) is 13.2. The SMILES string of the molecule is O=C(Cn1ccc(C(F)(F)F)n1)NCCCCOc1ccc(F)cc1. The summed E-state index contributed by atoms with van der Waals surface area (Å²) in [6.07, 6.45) is -2.11. The van der Waals surface area contributed by atoms with Gasteiger partial charge in [-0.1, -0.05) is 0 Å². The molecule has 0 aliphatic rings. The number of halogens is 4. The highest BCUT2D eigenvalue weighted by Crippen LogP contribution is 2.27. The first kappa shape index (κ1) is 18.8. The lowest BCUT2D eigenvalue weighted by Gasteiger charge is -2.07. The van der Waals surface area contributed by atoms with Gasteiger partial charge in [-0.05, 0) is 43.2 Å². The van der Waals surface area contributed by atoms with Gasteiger partial charge in [-0.2, -0.15) is 18.3 Å². The first-order valence-electron chi connectivity index (χ1n) is 7.60. The average Bonchev–Trinajstić information content (AvgIpc) is 3.01. The standard InChI is InChI=1S/C16H17F4N3O2/c17-12-3-5-13(6-4-12)25-10-2-1-8-21-15(24)11-23-9-7-14(22-23)16(18,19)20/h3-7,9H,1-2,8,10-11H2,(H,21,24). The van der Waals surface area contributed by atoms with E-state index in [1.165, 1.54) is 24.3 Å². The fraction of sp³-hybridized carbons (Fsp3) is 0.375. The summed E-state index contributed by atoms with van der Waals surface area (Å²) in [7, 11) is 0. The molecule has 25 heavy (non-hydrogen) atoms. The number of amides is 1. The molecule has 2 rings (SSSR count). The number of nitrogens with one attached hydrogen (secondary N) is 1. The van der Waals surface area contributed by atoms with Crippen LogP contribution in [0, 0.1) is 5.82 Å². The van der Waals surface area contributed by atoms with E-state index in [2.05, 4.69) is 10.4 Å². The van der Waals surface area contributed by atoms with Gasteiger partial charge in [0.25, 0.3) is 0 Å². The summed E-state index contributed by atoms with van der Waals surface area (Å²) in [6.45, 7) is 0.511. The molecule has 0 saturated carbocycles. The van der Waals surface area contributed by atoms with Crippen molar-refractivity contribution in [2.45, 2.75) is 25.6 Å². The maximum atomic E-state index is 12.7. The number of carbonyl (C=O) groups excluding carboxylic acids is 1. The number of benzene rings is 1. The summed E-state index contributed by atoms with van der Waals surface area (Å²) in [5.74, 6) is -0.199. The molecule has 0 unspecified atom stereocenters. The van der Waals surface area contributed by atoms with Crippen LogP contribution in [-0.4, -0.2) is 28.8 Å². The van der Waals surface area contributed by atoms with Gasteiger partial charge in [-0.15, -0.1) is 0 Å². The minimum Gasteiger partial charge on any atom is -0.494 e. The van der Waals surface area contributed by atoms with Crippen LogP contribution < -0.4 is 10.1 Å². The molecule has 0 atom stereocenters. The van der Waals surface area contributed by atoms with E-state index >= 15 is 0 Å². The summed E-state index contributed by atoms with van der Waals surface area (Å²) in [4.78, 5) is 11.6. The van der Waals surface area contributed by atoms with Gasteiger partial charge < -0.3 is 10.1 Å². The number of hydrogen-bond donors (Lipinski definition) is 1. The first-order chi connectivity index (χ1) is 11.8. The Balaban J connectivity index is 1.59. The third-order valence-corrected chi connectivity index (χ3v) is 3.21. The zero-order chi connectivity index (χ0) is 18.3. The average molecular weight is 359 g/mol. The molecule has 0 radical (unpaired) electrons. The molecule has 9 heteroatoms. The van der Waals surface area contributed by atoms with E-state index in [4.69, 9.17) is 4.74 Å². The second-order valence-corrected chi connectivity index (χ2v) is 5.26. The molecule has 0 bridgehead atoms. The predicted octanol–water partition coefficient (Wildman–Crippen LogP) is 3.02. The second-order valence-electron chi connectivity index (χ2n) is 5.26. The number of unbranched alkanes of at least 4 members (excludes halogenated alkanes) is 1. The highest BCUT2D eigenvalue weighted by Gasteiger charge is 2.33. The molecule has 0 aliphatic heterocycles. The summed E-state index contributed by atoms with van der Waals surface area (Å²) >= 11 is 0. The number of aromatic nitrogens is 2. The largest absolute Gasteiger partial charge is 0.494 e. The molecule has 0 aliphatic carbocycles. The lowest BCUT2D eigenvalue weighted by atomic mass is 10.3. The third kappa shape index (κ3) is 6.44. The number of alkyl halides is 3. The predicted molar refractivity (Wildman–Crippen MR) is 81.4 cm³/mol. The number of carbonyl (C=O) groups is 1. The van der Waals surface area contributed by atoms with E-state index in [0.29, 0.717) is 31.7 Å². The van der Waals surface area contributed by atoms with Gasteiger partial charge in [-0.3, -0.25) is 9.48 Å². The highest BCUT2D eigenvalue weighted by atomic mass is 19.4. The Labute approximate surface area is 141 Å². The van der Waals surface area contributed by atoms with E-state index in [9.17, 15) is 22.4 Å². The maximum absolute atomic E-state index is 12.7. The Kier molecular flexibility index (Phi) is 6.37. The minimum atomic E-state index is -4.52. The van der Waals surface area contributed by atoms with Gasteiger partial charge in [0, 0.05) is 12.7 Å². The molecule has 1 aromatic carbocycles. The summed E-state index contributed by atoms with van der Waals surface area (Å²) in [5, 5.41) is 5.90. The van der Waals surface area contributed by atoms with Crippen LogP contribution in [0.3, 0.4) is 0 Å². The zero-order valence-corrected chi connectivity index (χ0v) is 13.2. The van der Waals surface area contributed by atoms with Crippen molar-refractivity contribution in [3.8, 4) is 5.75 Å². The Morgan fingerprint density at radius 3 is 2.52 bits per heavy atom. The van der Waals surface area contributed by atoms with Gasteiger partial charge in [0.15, 0.2) is 5.69 Å². The van der Waals surface area contributed by atoms with Crippen LogP contribution >= 0.6 is 0 Å². The molecular weight excluding hydrogens is 342 g/mol. The molecule has 1 aromatic heterocycles. The number of hydrogen-bond acceptors (Lipinski definition) is 3. The molecule has 0 spiro atoms. The van der Waals surface area contributed by atoms with Gasteiger partial charge in [0.05, 0.1) is 6.61 Å². The van der Waals surface area contributed by atoms with Gasteiger partial charge in [-0.25, -0.2) is 4.39 Å². The normalized spacial score (nSPS) is 11.4. The van der Waals surface area contributed by atoms with E-state index in [1.54, 1.807) is 0 Å². The van der Waals surface area contributed by atoms with Crippen LogP contribution in [0.15, 0.2) is 36.5 Å². The maximum Gasteiger partial charge on any atom is 0.435 e. The molecule has 2 aromatic rings. The summed E-state index contributed by atoms with van der Waals surface area (Å²) in [6, 6.07) is 6.47. The first-order valence-corrected chi connectivity index (χ1v) is 7.60. The van der Waals surface area contributed by atoms with Crippen LogP contribution in [-0.2, 0) is 17.5 Å². The lowest BCUT2D eigenvalue weighted by Crippen LogP contribution is -2.29. The van der Waals surface area contributed by atoms with E-state index in [0.717, 1.165) is 16.9 Å². The minimum absolute atomic E-state index is 0.276. The van der Waals surface area contributed by atoms with Crippen molar-refractivity contribution in [2.75, 3.05) is 13.2 Å². The van der Waals surface area contributed by atoms with Crippen LogP contribution in [0.2, 0.25) is 0 Å². The molecule has 136 valence electrons. The number of rotatable bonds is 8. The van der Waals surface area contributed by atoms with Crippen molar-refractivity contribution in [3.63, 3.8) is 0 Å². The van der Waals surface area contributed by atoms with Crippen LogP contribution in [0.25, 0.3) is 0 Å². The van der Waals surface area contributed by atoms with Crippen molar-refractivity contribution in [1.29, 1.82) is 0 Å². The molecule has 0 saturated heterocycles. The van der Waals surface area contributed by atoms with Crippen LogP contribution in [0.4, 0.5) is 17.6 Å². The van der Waals surface area contributed by atoms with Gasteiger partial charge >= 0.3 is 6.18 Å².